The highest BCUT2D eigenvalue weighted by atomic mass is 16.7. The summed E-state index contributed by atoms with van der Waals surface area (Å²) in [6.07, 6.45) is 0.935. The minimum atomic E-state index is -0.411. The molecule has 1 aliphatic rings. The number of nitrogens with zero attached hydrogens (tertiary/aromatic N) is 1. The first-order valence-corrected chi connectivity index (χ1v) is 8.00. The minimum Gasteiger partial charge on any atom is -0.318 e. The summed E-state index contributed by atoms with van der Waals surface area (Å²) in [5.41, 5.74) is 6.93. The van der Waals surface area contributed by atoms with Crippen molar-refractivity contribution in [2.24, 2.45) is 5.16 Å². The van der Waals surface area contributed by atoms with E-state index in [9.17, 15) is 4.79 Å². The summed E-state index contributed by atoms with van der Waals surface area (Å²) in [7, 11) is 0. The Kier molecular flexibility index (Phi) is 3.42. The Morgan fingerprint density at radius 1 is 0.917 bits per heavy atom. The topological polar surface area (TPSA) is 38.7 Å². The molecule has 0 heterocycles. The Labute approximate surface area is 140 Å². The first-order valence-electron chi connectivity index (χ1n) is 8.00. The molecule has 0 bridgehead atoms. The van der Waals surface area contributed by atoms with Gasteiger partial charge in [0, 0.05) is 12.5 Å². The predicted octanol–water partition coefficient (Wildman–Crippen LogP) is 4.70. The van der Waals surface area contributed by atoms with Gasteiger partial charge >= 0.3 is 5.97 Å². The van der Waals surface area contributed by atoms with Gasteiger partial charge in [0.1, 0.15) is 0 Å². The number of fused-ring (bicyclic) bond motifs is 2. The van der Waals surface area contributed by atoms with Crippen molar-refractivity contribution in [2.45, 2.75) is 20.3 Å². The number of carbonyl (C=O) groups excluding carboxylic acids is 1. The van der Waals surface area contributed by atoms with Gasteiger partial charge in [0.2, 0.25) is 0 Å². The van der Waals surface area contributed by atoms with E-state index in [0.29, 0.717) is 5.71 Å². The fraction of sp³-hybridized carbons (Fsp3) is 0.143. The summed E-state index contributed by atoms with van der Waals surface area (Å²) in [6, 6.07) is 19.1. The summed E-state index contributed by atoms with van der Waals surface area (Å²) in [6.45, 7) is 3.22. The van der Waals surface area contributed by atoms with Crippen molar-refractivity contribution in [1.82, 2.24) is 0 Å². The molecule has 0 unspecified atom stereocenters. The summed E-state index contributed by atoms with van der Waals surface area (Å²) >= 11 is 0. The molecule has 0 aromatic heterocycles. The van der Waals surface area contributed by atoms with Crippen molar-refractivity contribution < 1.29 is 9.63 Å². The van der Waals surface area contributed by atoms with E-state index in [0.717, 1.165) is 17.4 Å². The molecule has 3 aromatic carbocycles. The van der Waals surface area contributed by atoms with Gasteiger partial charge in [-0.2, -0.15) is 0 Å². The number of hydrogen-bond acceptors (Lipinski definition) is 3. The van der Waals surface area contributed by atoms with Crippen LogP contribution in [-0.4, -0.2) is 11.7 Å². The van der Waals surface area contributed by atoms with Gasteiger partial charge in [0.25, 0.3) is 0 Å². The number of carbonyl (C=O) groups is 1. The van der Waals surface area contributed by atoms with E-state index >= 15 is 0 Å². The largest absolute Gasteiger partial charge is 0.331 e. The zero-order valence-electron chi connectivity index (χ0n) is 13.7. The van der Waals surface area contributed by atoms with Crippen LogP contribution in [0.25, 0.3) is 21.9 Å². The summed E-state index contributed by atoms with van der Waals surface area (Å²) in [4.78, 5) is 15.8. The number of oxime groups is 1. The second-order valence-corrected chi connectivity index (χ2v) is 6.09. The van der Waals surface area contributed by atoms with Crippen molar-refractivity contribution in [3.8, 4) is 11.1 Å². The van der Waals surface area contributed by atoms with Gasteiger partial charge in [-0.05, 0) is 46.4 Å². The molecule has 0 atom stereocenters. The molecule has 0 amide bonds. The second kappa shape index (κ2) is 5.60. The van der Waals surface area contributed by atoms with E-state index in [1.165, 1.54) is 34.6 Å². The van der Waals surface area contributed by atoms with Crippen LogP contribution in [0.15, 0.2) is 59.8 Å². The third kappa shape index (κ3) is 2.29. The van der Waals surface area contributed by atoms with Crippen LogP contribution in [0, 0.1) is 0 Å². The number of benzene rings is 3. The Bertz CT molecular complexity index is 1000. The van der Waals surface area contributed by atoms with Crippen molar-refractivity contribution in [3.05, 3.63) is 71.3 Å². The molecule has 118 valence electrons. The molecule has 0 fully saturated rings. The highest BCUT2D eigenvalue weighted by molar-refractivity contribution is 6.14. The van der Waals surface area contributed by atoms with Crippen LogP contribution in [0.2, 0.25) is 0 Å². The SMILES string of the molecule is CC(=O)O/N=C(/C)c1ccc2c3c(cccc13)-c1ccccc1C2. The molecule has 24 heavy (non-hydrogen) atoms. The molecule has 0 N–H and O–H groups in total. The Morgan fingerprint density at radius 3 is 2.54 bits per heavy atom. The first-order chi connectivity index (χ1) is 11.6. The van der Waals surface area contributed by atoms with Gasteiger partial charge < -0.3 is 4.84 Å². The molecule has 0 saturated heterocycles. The van der Waals surface area contributed by atoms with E-state index < -0.39 is 5.97 Å². The lowest BCUT2D eigenvalue weighted by Gasteiger charge is -2.22. The molecule has 3 heteroatoms. The molecule has 0 saturated carbocycles. The normalized spacial score (nSPS) is 12.8. The van der Waals surface area contributed by atoms with E-state index in [1.54, 1.807) is 0 Å². The van der Waals surface area contributed by atoms with Crippen molar-refractivity contribution in [1.29, 1.82) is 0 Å². The van der Waals surface area contributed by atoms with Gasteiger partial charge in [0.15, 0.2) is 0 Å². The average Bonchev–Trinajstić information content (AvgIpc) is 2.60. The quantitative estimate of drug-likeness (QED) is 0.305. The monoisotopic (exact) mass is 315 g/mol. The van der Waals surface area contributed by atoms with Crippen molar-refractivity contribution in [3.63, 3.8) is 0 Å². The van der Waals surface area contributed by atoms with Gasteiger partial charge in [-0.1, -0.05) is 59.8 Å². The molecule has 0 radical (unpaired) electrons. The Morgan fingerprint density at radius 2 is 1.71 bits per heavy atom. The molecule has 3 aromatic rings. The van der Waals surface area contributed by atoms with Crippen LogP contribution >= 0.6 is 0 Å². The molecular formula is C21H17NO2. The van der Waals surface area contributed by atoms with Crippen LogP contribution in [0.5, 0.6) is 0 Å². The Balaban J connectivity index is 1.96. The minimum absolute atomic E-state index is 0.411. The maximum atomic E-state index is 11.0. The molecule has 1 aliphatic carbocycles. The van der Waals surface area contributed by atoms with Crippen LogP contribution < -0.4 is 0 Å². The smallest absolute Gasteiger partial charge is 0.318 e. The number of rotatable bonds is 2. The van der Waals surface area contributed by atoms with Gasteiger partial charge in [0.05, 0.1) is 5.71 Å². The standard InChI is InChI=1S/C21H17NO2/c1-13(22-24-14(2)23)17-11-10-16-12-15-6-3-4-7-18(15)20-9-5-8-19(17)21(16)20/h3-11H,12H2,1-2H3/b22-13-. The maximum absolute atomic E-state index is 11.0. The second-order valence-electron chi connectivity index (χ2n) is 6.09. The highest BCUT2D eigenvalue weighted by Gasteiger charge is 2.19. The molecule has 0 aliphatic heterocycles. The molecule has 3 nitrogen and oxygen atoms in total. The van der Waals surface area contributed by atoms with Crippen LogP contribution in [0.1, 0.15) is 30.5 Å². The lowest BCUT2D eigenvalue weighted by atomic mass is 9.82. The van der Waals surface area contributed by atoms with Crippen LogP contribution in [0.4, 0.5) is 0 Å². The zero-order valence-corrected chi connectivity index (χ0v) is 13.7. The van der Waals surface area contributed by atoms with Gasteiger partial charge in [-0.15, -0.1) is 0 Å². The average molecular weight is 315 g/mol. The Hall–Kier alpha value is -2.94. The van der Waals surface area contributed by atoms with E-state index in [-0.39, 0.29) is 0 Å². The van der Waals surface area contributed by atoms with E-state index in [4.69, 9.17) is 4.84 Å². The van der Waals surface area contributed by atoms with Crippen molar-refractivity contribution >= 4 is 22.5 Å². The third-order valence-corrected chi connectivity index (χ3v) is 4.52. The van der Waals surface area contributed by atoms with E-state index in [2.05, 4.69) is 59.8 Å². The summed E-state index contributed by atoms with van der Waals surface area (Å²) in [5, 5.41) is 6.37. The van der Waals surface area contributed by atoms with Gasteiger partial charge in [-0.25, -0.2) is 4.79 Å². The summed E-state index contributed by atoms with van der Waals surface area (Å²) in [5.74, 6) is -0.411. The third-order valence-electron chi connectivity index (χ3n) is 4.52. The first kappa shape index (κ1) is 14.6. The van der Waals surface area contributed by atoms with Gasteiger partial charge in [-0.3, -0.25) is 0 Å². The summed E-state index contributed by atoms with van der Waals surface area (Å²) < 4.78 is 0. The fourth-order valence-electron chi connectivity index (χ4n) is 3.49. The lowest BCUT2D eigenvalue weighted by Crippen LogP contribution is -2.05. The van der Waals surface area contributed by atoms with E-state index in [1.807, 2.05) is 6.92 Å². The molecule has 4 rings (SSSR count). The molecule has 0 spiro atoms. The number of hydrogen-bond donors (Lipinski definition) is 0. The fourth-order valence-corrected chi connectivity index (χ4v) is 3.49. The lowest BCUT2D eigenvalue weighted by molar-refractivity contribution is -0.140. The van der Waals surface area contributed by atoms with Crippen LogP contribution in [-0.2, 0) is 16.1 Å². The maximum Gasteiger partial charge on any atom is 0.331 e. The zero-order chi connectivity index (χ0) is 16.7. The predicted molar refractivity (Wildman–Crippen MR) is 96.2 cm³/mol. The molecular weight excluding hydrogens is 298 g/mol. The van der Waals surface area contributed by atoms with Crippen molar-refractivity contribution in [2.75, 3.05) is 0 Å². The highest BCUT2D eigenvalue weighted by Crippen LogP contribution is 2.40. The van der Waals surface area contributed by atoms with Crippen LogP contribution in [0.3, 0.4) is 0 Å².